The molecule has 10 nitrogen and oxygen atoms in total. The monoisotopic (exact) mass is 470 g/mol. The maximum atomic E-state index is 13.5. The fraction of sp³-hybridized carbons (Fsp3) is 0.619. The first-order valence-corrected chi connectivity index (χ1v) is 12.1. The number of benzene rings is 1. The van der Waals surface area contributed by atoms with E-state index in [2.05, 4.69) is 5.32 Å². The Bertz CT molecular complexity index is 867. The third kappa shape index (κ3) is 6.18. The Morgan fingerprint density at radius 2 is 1.81 bits per heavy atom. The number of hydroxylamine groups is 1. The molecule has 0 bridgehead atoms. The van der Waals surface area contributed by atoms with E-state index in [1.165, 1.54) is 31.4 Å². The molecule has 0 radical (unpaired) electrons. The molecule has 180 valence electrons. The molecule has 0 saturated carbocycles. The SMILES string of the molecule is CNC1CCN(C(=O)CCN(C(C(=O)NO)C(C)C)S(=O)(=O)c2ccc(OC)cc2)CC1. The van der Waals surface area contributed by atoms with Gasteiger partial charge in [-0.2, -0.15) is 4.31 Å². The summed E-state index contributed by atoms with van der Waals surface area (Å²) >= 11 is 0. The second-order valence-corrected chi connectivity index (χ2v) is 10.0. The van der Waals surface area contributed by atoms with Gasteiger partial charge in [-0.3, -0.25) is 14.8 Å². The van der Waals surface area contributed by atoms with Gasteiger partial charge in [0.15, 0.2) is 0 Å². The number of carbonyl (C=O) groups is 2. The van der Waals surface area contributed by atoms with Gasteiger partial charge in [-0.1, -0.05) is 13.8 Å². The zero-order chi connectivity index (χ0) is 23.9. The Kier molecular flexibility index (Phi) is 9.44. The molecule has 3 N–H and O–H groups in total. The van der Waals surface area contributed by atoms with Gasteiger partial charge >= 0.3 is 0 Å². The van der Waals surface area contributed by atoms with Crippen molar-refractivity contribution in [2.24, 2.45) is 5.92 Å². The fourth-order valence-corrected chi connectivity index (χ4v) is 5.63. The van der Waals surface area contributed by atoms with Crippen molar-refractivity contribution in [1.82, 2.24) is 20.0 Å². The smallest absolute Gasteiger partial charge is 0.262 e. The number of nitrogens with one attached hydrogen (secondary N) is 2. The molecule has 1 aliphatic heterocycles. The normalized spacial score (nSPS) is 16.3. The largest absolute Gasteiger partial charge is 0.497 e. The van der Waals surface area contributed by atoms with Crippen LogP contribution in [0.3, 0.4) is 0 Å². The Hall–Kier alpha value is -2.21. The van der Waals surface area contributed by atoms with Crippen LogP contribution in [0.1, 0.15) is 33.1 Å². The van der Waals surface area contributed by atoms with E-state index in [-0.39, 0.29) is 23.8 Å². The van der Waals surface area contributed by atoms with Gasteiger partial charge in [-0.05, 0) is 50.1 Å². The van der Waals surface area contributed by atoms with Crippen LogP contribution in [0, 0.1) is 5.92 Å². The van der Waals surface area contributed by atoms with E-state index < -0.39 is 27.9 Å². The molecule has 1 aromatic carbocycles. The van der Waals surface area contributed by atoms with Crippen molar-refractivity contribution in [2.45, 2.75) is 50.1 Å². The number of carbonyl (C=O) groups excluding carboxylic acids is 2. The lowest BCUT2D eigenvalue weighted by atomic mass is 10.0. The molecule has 1 heterocycles. The fourth-order valence-electron chi connectivity index (χ4n) is 3.91. The molecule has 1 unspecified atom stereocenters. The van der Waals surface area contributed by atoms with Gasteiger partial charge in [0.1, 0.15) is 11.8 Å². The van der Waals surface area contributed by atoms with Crippen molar-refractivity contribution in [2.75, 3.05) is 33.8 Å². The van der Waals surface area contributed by atoms with Gasteiger partial charge in [0.25, 0.3) is 5.91 Å². The molecular weight excluding hydrogens is 436 g/mol. The summed E-state index contributed by atoms with van der Waals surface area (Å²) < 4.78 is 33.0. The van der Waals surface area contributed by atoms with Crippen molar-refractivity contribution < 1.29 is 28.0 Å². The molecule has 2 rings (SSSR count). The first kappa shape index (κ1) is 26.0. The number of rotatable bonds is 10. The van der Waals surface area contributed by atoms with Crippen LogP contribution in [0.5, 0.6) is 5.75 Å². The van der Waals surface area contributed by atoms with Gasteiger partial charge in [0.2, 0.25) is 15.9 Å². The molecule has 1 aromatic rings. The summed E-state index contributed by atoms with van der Waals surface area (Å²) in [6.07, 6.45) is 1.59. The number of likely N-dealkylation sites (tertiary alicyclic amines) is 1. The van der Waals surface area contributed by atoms with Gasteiger partial charge in [0.05, 0.1) is 12.0 Å². The molecule has 1 saturated heterocycles. The van der Waals surface area contributed by atoms with E-state index >= 15 is 0 Å². The zero-order valence-electron chi connectivity index (χ0n) is 19.1. The highest BCUT2D eigenvalue weighted by Crippen LogP contribution is 2.25. The van der Waals surface area contributed by atoms with E-state index in [9.17, 15) is 23.2 Å². The number of methoxy groups -OCH3 is 1. The summed E-state index contributed by atoms with van der Waals surface area (Å²) in [7, 11) is -0.775. The Morgan fingerprint density at radius 1 is 1.22 bits per heavy atom. The van der Waals surface area contributed by atoms with Crippen LogP contribution < -0.4 is 15.5 Å². The molecule has 0 spiro atoms. The molecule has 1 fully saturated rings. The van der Waals surface area contributed by atoms with Crippen molar-refractivity contribution in [1.29, 1.82) is 0 Å². The minimum absolute atomic E-state index is 0.0306. The van der Waals surface area contributed by atoms with E-state index in [0.29, 0.717) is 24.9 Å². The predicted molar refractivity (Wildman–Crippen MR) is 119 cm³/mol. The van der Waals surface area contributed by atoms with E-state index in [0.717, 1.165) is 17.1 Å². The van der Waals surface area contributed by atoms with Crippen LogP contribution in [0.15, 0.2) is 29.2 Å². The lowest BCUT2D eigenvalue weighted by Crippen LogP contribution is -2.53. The Labute approximate surface area is 189 Å². The first-order valence-electron chi connectivity index (χ1n) is 10.7. The summed E-state index contributed by atoms with van der Waals surface area (Å²) in [5.74, 6) is -0.971. The Morgan fingerprint density at radius 3 is 2.28 bits per heavy atom. The maximum absolute atomic E-state index is 13.5. The van der Waals surface area contributed by atoms with Crippen LogP contribution >= 0.6 is 0 Å². The van der Waals surface area contributed by atoms with Gasteiger partial charge in [-0.15, -0.1) is 0 Å². The van der Waals surface area contributed by atoms with Crippen molar-refractivity contribution >= 4 is 21.8 Å². The number of nitrogens with zero attached hydrogens (tertiary/aromatic N) is 2. The van der Waals surface area contributed by atoms with Crippen LogP contribution in [-0.4, -0.2) is 80.5 Å². The number of sulfonamides is 1. The predicted octanol–water partition coefficient (Wildman–Crippen LogP) is 0.816. The quantitative estimate of drug-likeness (QED) is 0.341. The zero-order valence-corrected chi connectivity index (χ0v) is 19.9. The van der Waals surface area contributed by atoms with E-state index in [1.54, 1.807) is 24.2 Å². The van der Waals surface area contributed by atoms with Crippen molar-refractivity contribution in [3.8, 4) is 5.75 Å². The lowest BCUT2D eigenvalue weighted by Gasteiger charge is -2.34. The molecule has 1 atom stereocenters. The average molecular weight is 471 g/mol. The standard InChI is InChI=1S/C21H34N4O6S/c1-15(2)20(21(27)23-28)25(32(29,30)18-7-5-17(31-4)6-8-18)14-11-19(26)24-12-9-16(22-3)10-13-24/h5-8,15-16,20,22,28H,9-14H2,1-4H3,(H,23,27). The second-order valence-electron chi connectivity index (χ2n) is 8.15. The molecule has 1 aliphatic rings. The second kappa shape index (κ2) is 11.6. The highest BCUT2D eigenvalue weighted by atomic mass is 32.2. The molecule has 0 aliphatic carbocycles. The maximum Gasteiger partial charge on any atom is 0.262 e. The van der Waals surface area contributed by atoms with E-state index in [1.807, 2.05) is 7.05 Å². The summed E-state index contributed by atoms with van der Waals surface area (Å²) in [4.78, 5) is 26.9. The lowest BCUT2D eigenvalue weighted by molar-refractivity contribution is -0.136. The number of hydrogen-bond acceptors (Lipinski definition) is 7. The number of amides is 2. The molecule has 11 heteroatoms. The number of hydrogen-bond donors (Lipinski definition) is 3. The molecule has 0 aromatic heterocycles. The van der Waals surface area contributed by atoms with Crippen LogP contribution in [-0.2, 0) is 19.6 Å². The summed E-state index contributed by atoms with van der Waals surface area (Å²) in [6.45, 7) is 4.37. The third-order valence-electron chi connectivity index (χ3n) is 5.79. The van der Waals surface area contributed by atoms with Crippen molar-refractivity contribution in [3.63, 3.8) is 0 Å². The average Bonchev–Trinajstić information content (AvgIpc) is 2.80. The van der Waals surface area contributed by atoms with Crippen molar-refractivity contribution in [3.05, 3.63) is 24.3 Å². The summed E-state index contributed by atoms with van der Waals surface area (Å²) in [6, 6.07) is 4.98. The first-order chi connectivity index (χ1) is 15.1. The summed E-state index contributed by atoms with van der Waals surface area (Å²) in [5, 5.41) is 12.4. The van der Waals surface area contributed by atoms with E-state index in [4.69, 9.17) is 4.74 Å². The highest BCUT2D eigenvalue weighted by molar-refractivity contribution is 7.89. The van der Waals surface area contributed by atoms with Crippen LogP contribution in [0.2, 0.25) is 0 Å². The number of piperidine rings is 1. The minimum atomic E-state index is -4.14. The topological polar surface area (TPSA) is 128 Å². The highest BCUT2D eigenvalue weighted by Gasteiger charge is 2.38. The third-order valence-corrected chi connectivity index (χ3v) is 7.68. The molecule has 2 amide bonds. The van der Waals surface area contributed by atoms with Crippen LogP contribution in [0.25, 0.3) is 0 Å². The Balaban J connectivity index is 2.27. The number of ether oxygens (including phenoxy) is 1. The summed E-state index contributed by atoms with van der Waals surface area (Å²) in [5.41, 5.74) is 1.56. The van der Waals surface area contributed by atoms with Gasteiger partial charge in [-0.25, -0.2) is 13.9 Å². The van der Waals surface area contributed by atoms with Gasteiger partial charge < -0.3 is 15.0 Å². The van der Waals surface area contributed by atoms with Gasteiger partial charge in [0, 0.05) is 32.1 Å². The minimum Gasteiger partial charge on any atom is -0.497 e. The van der Waals surface area contributed by atoms with Crippen LogP contribution in [0.4, 0.5) is 0 Å². The molecular formula is C21H34N4O6S. The molecule has 32 heavy (non-hydrogen) atoms.